The van der Waals surface area contributed by atoms with Gasteiger partial charge >= 0.3 is 0 Å². The third-order valence-electron chi connectivity index (χ3n) is 5.79. The van der Waals surface area contributed by atoms with Crippen molar-refractivity contribution in [2.75, 3.05) is 13.3 Å². The Hall–Kier alpha value is -3.83. The van der Waals surface area contributed by atoms with Gasteiger partial charge < -0.3 is 9.47 Å². The van der Waals surface area contributed by atoms with Gasteiger partial charge in [-0.15, -0.1) is 5.10 Å². The average molecular weight is 496 g/mol. The third-order valence-corrected chi connectivity index (χ3v) is 7.63. The van der Waals surface area contributed by atoms with Gasteiger partial charge in [-0.2, -0.15) is 4.31 Å². The van der Waals surface area contributed by atoms with E-state index in [1.165, 1.54) is 27.4 Å². The maximum atomic E-state index is 14.3. The molecule has 1 aromatic heterocycles. The molecule has 2 heterocycles. The molecule has 0 saturated carbocycles. The highest BCUT2D eigenvalue weighted by molar-refractivity contribution is 7.89. The summed E-state index contributed by atoms with van der Waals surface area (Å²) in [5, 5.41) is 11.1. The highest BCUT2D eigenvalue weighted by atomic mass is 32.2. The molecule has 35 heavy (non-hydrogen) atoms. The van der Waals surface area contributed by atoms with Crippen LogP contribution < -0.4 is 9.47 Å². The number of fused-ring (bicyclic) bond motifs is 1. The molecule has 180 valence electrons. The molecule has 9 nitrogen and oxygen atoms in total. The van der Waals surface area contributed by atoms with E-state index in [0.29, 0.717) is 28.3 Å². The second-order valence-electron chi connectivity index (χ2n) is 8.07. The summed E-state index contributed by atoms with van der Waals surface area (Å²) < 4.78 is 55.4. The number of hydrogen-bond acceptors (Lipinski definition) is 7. The summed E-state index contributed by atoms with van der Waals surface area (Å²) in [7, 11) is -3.93. The fraction of sp³-hybridized carbons (Fsp3) is 0.208. The topological polar surface area (TPSA) is 99.4 Å². The van der Waals surface area contributed by atoms with Gasteiger partial charge in [-0.05, 0) is 76.9 Å². The van der Waals surface area contributed by atoms with Gasteiger partial charge in [-0.25, -0.2) is 17.5 Å². The van der Waals surface area contributed by atoms with Crippen LogP contribution in [-0.4, -0.2) is 46.3 Å². The first-order valence-corrected chi connectivity index (χ1v) is 12.3. The fourth-order valence-corrected chi connectivity index (χ4v) is 5.45. The predicted octanol–water partition coefficient (Wildman–Crippen LogP) is 3.27. The van der Waals surface area contributed by atoms with E-state index < -0.39 is 10.0 Å². The Morgan fingerprint density at radius 2 is 1.89 bits per heavy atom. The molecule has 0 unspecified atom stereocenters. The van der Waals surface area contributed by atoms with Crippen LogP contribution in [0.4, 0.5) is 4.39 Å². The summed E-state index contributed by atoms with van der Waals surface area (Å²) in [5.74, 6) is 0.813. The van der Waals surface area contributed by atoms with Crippen LogP contribution in [0.3, 0.4) is 0 Å². The predicted molar refractivity (Wildman–Crippen MR) is 124 cm³/mol. The Bertz CT molecular complexity index is 1460. The van der Waals surface area contributed by atoms with E-state index in [0.717, 1.165) is 5.56 Å². The van der Waals surface area contributed by atoms with Crippen LogP contribution in [0.1, 0.15) is 16.7 Å². The first kappa shape index (κ1) is 22.9. The monoisotopic (exact) mass is 495 g/mol. The Morgan fingerprint density at radius 3 is 2.66 bits per heavy atom. The van der Waals surface area contributed by atoms with Gasteiger partial charge in [0.15, 0.2) is 11.5 Å². The van der Waals surface area contributed by atoms with Crippen molar-refractivity contribution in [3.05, 3.63) is 89.5 Å². The van der Waals surface area contributed by atoms with Gasteiger partial charge in [-0.1, -0.05) is 24.3 Å². The van der Waals surface area contributed by atoms with Crippen molar-refractivity contribution in [2.45, 2.75) is 24.8 Å². The quantitative estimate of drug-likeness (QED) is 0.370. The van der Waals surface area contributed by atoms with Crippen molar-refractivity contribution >= 4 is 10.0 Å². The smallest absolute Gasteiger partial charge is 0.243 e. The maximum Gasteiger partial charge on any atom is 0.243 e. The second-order valence-corrected chi connectivity index (χ2v) is 10.0. The first-order chi connectivity index (χ1) is 16.9. The van der Waals surface area contributed by atoms with E-state index in [1.807, 2.05) is 0 Å². The number of sulfonamides is 1. The normalized spacial score (nSPS) is 12.9. The largest absolute Gasteiger partial charge is 0.454 e. The molecule has 5 rings (SSSR count). The lowest BCUT2D eigenvalue weighted by Crippen LogP contribution is -2.33. The Kier molecular flexibility index (Phi) is 6.18. The molecule has 0 saturated heterocycles. The minimum Gasteiger partial charge on any atom is -0.454 e. The van der Waals surface area contributed by atoms with Crippen molar-refractivity contribution in [1.29, 1.82) is 0 Å². The van der Waals surface area contributed by atoms with Crippen molar-refractivity contribution in [2.24, 2.45) is 0 Å². The van der Waals surface area contributed by atoms with Gasteiger partial charge in [0.2, 0.25) is 16.8 Å². The van der Waals surface area contributed by atoms with E-state index >= 15 is 0 Å². The van der Waals surface area contributed by atoms with Crippen LogP contribution in [0.15, 0.2) is 71.9 Å². The van der Waals surface area contributed by atoms with E-state index in [2.05, 4.69) is 15.5 Å². The number of rotatable bonds is 8. The SMILES string of the molecule is Cc1cc(S(=O)(=O)N(CCc2ccccc2F)Cc2ccc3c(c2)OCO3)ccc1-n1cnnn1. The van der Waals surface area contributed by atoms with Gasteiger partial charge in [-0.3, -0.25) is 0 Å². The van der Waals surface area contributed by atoms with Crippen LogP contribution in [0.2, 0.25) is 0 Å². The molecule has 0 bridgehead atoms. The van der Waals surface area contributed by atoms with Crippen molar-refractivity contribution < 1.29 is 22.3 Å². The van der Waals surface area contributed by atoms with Gasteiger partial charge in [0.05, 0.1) is 10.6 Å². The second kappa shape index (κ2) is 9.43. The number of ether oxygens (including phenoxy) is 2. The molecule has 0 spiro atoms. The van der Waals surface area contributed by atoms with E-state index in [9.17, 15) is 12.8 Å². The summed E-state index contributed by atoms with van der Waals surface area (Å²) in [6.45, 7) is 2.09. The summed E-state index contributed by atoms with van der Waals surface area (Å²) in [4.78, 5) is 0.126. The Balaban J connectivity index is 1.47. The lowest BCUT2D eigenvalue weighted by molar-refractivity contribution is 0.174. The molecular formula is C24H22FN5O4S. The molecule has 3 aromatic carbocycles. The zero-order valence-corrected chi connectivity index (χ0v) is 19.7. The van der Waals surface area contributed by atoms with Crippen LogP contribution in [0.5, 0.6) is 11.5 Å². The van der Waals surface area contributed by atoms with Crippen molar-refractivity contribution in [1.82, 2.24) is 24.5 Å². The molecule has 0 aliphatic carbocycles. The number of hydrogen-bond donors (Lipinski definition) is 0. The Labute approximate surface area is 201 Å². The van der Waals surface area contributed by atoms with Crippen molar-refractivity contribution in [3.8, 4) is 17.2 Å². The summed E-state index contributed by atoms with van der Waals surface area (Å²) >= 11 is 0. The summed E-state index contributed by atoms with van der Waals surface area (Å²) in [5.41, 5.74) is 2.54. The number of benzene rings is 3. The molecule has 11 heteroatoms. The van der Waals surface area contributed by atoms with E-state index in [1.54, 1.807) is 55.5 Å². The first-order valence-electron chi connectivity index (χ1n) is 10.9. The van der Waals surface area contributed by atoms with Gasteiger partial charge in [0, 0.05) is 13.1 Å². The van der Waals surface area contributed by atoms with E-state index in [-0.39, 0.29) is 37.0 Å². The highest BCUT2D eigenvalue weighted by Gasteiger charge is 2.26. The lowest BCUT2D eigenvalue weighted by Gasteiger charge is -2.23. The van der Waals surface area contributed by atoms with Crippen LogP contribution in [0.25, 0.3) is 5.69 Å². The molecule has 1 aliphatic rings. The van der Waals surface area contributed by atoms with Gasteiger partial charge in [0.25, 0.3) is 0 Å². The zero-order valence-electron chi connectivity index (χ0n) is 18.8. The summed E-state index contributed by atoms with van der Waals surface area (Å²) in [6.07, 6.45) is 1.66. The molecule has 4 aromatic rings. The molecule has 0 N–H and O–H groups in total. The van der Waals surface area contributed by atoms with Crippen LogP contribution in [0, 0.1) is 12.7 Å². The fourth-order valence-electron chi connectivity index (χ4n) is 3.94. The molecule has 0 atom stereocenters. The number of nitrogens with zero attached hydrogens (tertiary/aromatic N) is 5. The van der Waals surface area contributed by atoms with Crippen LogP contribution >= 0.6 is 0 Å². The van der Waals surface area contributed by atoms with Crippen molar-refractivity contribution in [3.63, 3.8) is 0 Å². The molecular weight excluding hydrogens is 473 g/mol. The maximum absolute atomic E-state index is 14.3. The highest BCUT2D eigenvalue weighted by Crippen LogP contribution is 2.33. The van der Waals surface area contributed by atoms with Gasteiger partial charge in [0.1, 0.15) is 12.1 Å². The molecule has 0 fully saturated rings. The number of aryl methyl sites for hydroxylation is 1. The lowest BCUT2D eigenvalue weighted by atomic mass is 10.1. The minimum atomic E-state index is -3.93. The number of tetrazole rings is 1. The van der Waals surface area contributed by atoms with Crippen LogP contribution in [-0.2, 0) is 23.0 Å². The molecule has 1 aliphatic heterocycles. The standard InChI is InChI=1S/C24H22FN5O4S/c1-17-12-20(7-8-22(17)30-15-26-27-28-30)35(31,32)29(11-10-19-4-2-3-5-21(19)25)14-18-6-9-23-24(13-18)34-16-33-23/h2-9,12-13,15H,10-11,14,16H2,1H3. The zero-order chi connectivity index (χ0) is 24.4. The molecule has 0 radical (unpaired) electrons. The van der Waals surface area contributed by atoms with E-state index in [4.69, 9.17) is 9.47 Å². The number of aromatic nitrogens is 4. The third kappa shape index (κ3) is 4.73. The summed E-state index contributed by atoms with van der Waals surface area (Å²) in [6, 6.07) is 16.4. The average Bonchev–Trinajstić information content (AvgIpc) is 3.54. The molecule has 0 amide bonds. The number of halogens is 1. The minimum absolute atomic E-state index is 0.0845. The Morgan fingerprint density at radius 1 is 1.06 bits per heavy atom.